The Morgan fingerprint density at radius 1 is 1.32 bits per heavy atom. The summed E-state index contributed by atoms with van der Waals surface area (Å²) < 4.78 is 10.0. The zero-order valence-electron chi connectivity index (χ0n) is 13.5. The maximum atomic E-state index is 11.9. The lowest BCUT2D eigenvalue weighted by Crippen LogP contribution is -2.43. The number of carbonyl (C=O) groups is 2. The van der Waals surface area contributed by atoms with Gasteiger partial charge in [-0.15, -0.1) is 0 Å². The average Bonchev–Trinajstić information content (AvgIpc) is 2.79. The molecule has 1 saturated carbocycles. The van der Waals surface area contributed by atoms with Gasteiger partial charge >= 0.3 is 5.97 Å². The Labute approximate surface area is 130 Å². The third-order valence-corrected chi connectivity index (χ3v) is 4.32. The molecule has 1 aliphatic rings. The number of carbonyl (C=O) groups excluding carboxylic acids is 2. The first-order valence-electron chi connectivity index (χ1n) is 7.84. The predicted molar refractivity (Wildman–Crippen MR) is 80.2 cm³/mol. The molecule has 1 aliphatic carbocycles. The highest BCUT2D eigenvalue weighted by atomic mass is 16.5. The first kappa shape index (κ1) is 16.5. The lowest BCUT2D eigenvalue weighted by molar-refractivity contribution is -0.148. The molecule has 0 aromatic carbocycles. The predicted octanol–water partition coefficient (Wildman–Crippen LogP) is 2.07. The number of amides is 1. The van der Waals surface area contributed by atoms with Crippen molar-refractivity contribution in [1.82, 2.24) is 10.5 Å². The van der Waals surface area contributed by atoms with E-state index in [1.54, 1.807) is 13.8 Å². The molecule has 6 nitrogen and oxygen atoms in total. The molecule has 0 aliphatic heterocycles. The molecule has 122 valence electrons. The fourth-order valence-corrected chi connectivity index (χ4v) is 2.87. The van der Waals surface area contributed by atoms with Crippen LogP contribution in [0, 0.1) is 19.8 Å². The van der Waals surface area contributed by atoms with E-state index in [-0.39, 0.29) is 25.0 Å². The van der Waals surface area contributed by atoms with Crippen LogP contribution in [0.2, 0.25) is 0 Å². The van der Waals surface area contributed by atoms with Crippen molar-refractivity contribution in [3.8, 4) is 0 Å². The SMILES string of the molecule is Cc1noc(C)c1CC(=O)OCC(=O)N[C@@H]1CCCC[C@H]1C. The molecular weight excluding hydrogens is 284 g/mol. The highest BCUT2D eigenvalue weighted by Crippen LogP contribution is 2.23. The monoisotopic (exact) mass is 308 g/mol. The minimum Gasteiger partial charge on any atom is -0.455 e. The van der Waals surface area contributed by atoms with Crippen molar-refractivity contribution in [2.24, 2.45) is 5.92 Å². The molecule has 0 spiro atoms. The molecule has 1 heterocycles. The highest BCUT2D eigenvalue weighted by molar-refractivity contribution is 5.81. The van der Waals surface area contributed by atoms with Crippen molar-refractivity contribution >= 4 is 11.9 Å². The summed E-state index contributed by atoms with van der Waals surface area (Å²) in [6.07, 6.45) is 4.58. The van der Waals surface area contributed by atoms with Gasteiger partial charge in [0.15, 0.2) is 6.61 Å². The van der Waals surface area contributed by atoms with E-state index in [0.717, 1.165) is 24.8 Å². The summed E-state index contributed by atoms with van der Waals surface area (Å²) in [5, 5.41) is 6.75. The minimum atomic E-state index is -0.443. The second-order valence-corrected chi connectivity index (χ2v) is 6.08. The molecular formula is C16H24N2O4. The van der Waals surface area contributed by atoms with Crippen LogP contribution in [0.25, 0.3) is 0 Å². The van der Waals surface area contributed by atoms with E-state index in [2.05, 4.69) is 17.4 Å². The van der Waals surface area contributed by atoms with Gasteiger partial charge in [0.05, 0.1) is 12.1 Å². The molecule has 1 N–H and O–H groups in total. The van der Waals surface area contributed by atoms with Crippen LogP contribution in [-0.2, 0) is 20.7 Å². The molecule has 1 aromatic heterocycles. The summed E-state index contributed by atoms with van der Waals surface area (Å²) >= 11 is 0. The summed E-state index contributed by atoms with van der Waals surface area (Å²) in [5.41, 5.74) is 1.40. The van der Waals surface area contributed by atoms with E-state index in [1.807, 2.05) is 0 Å². The van der Waals surface area contributed by atoms with E-state index in [9.17, 15) is 9.59 Å². The van der Waals surface area contributed by atoms with Crippen molar-refractivity contribution < 1.29 is 18.8 Å². The van der Waals surface area contributed by atoms with Gasteiger partial charge in [0.2, 0.25) is 0 Å². The maximum absolute atomic E-state index is 11.9. The number of nitrogens with one attached hydrogen (secondary N) is 1. The zero-order chi connectivity index (χ0) is 16.1. The molecule has 0 saturated heterocycles. The topological polar surface area (TPSA) is 81.4 Å². The molecule has 0 radical (unpaired) electrons. The van der Waals surface area contributed by atoms with Gasteiger partial charge in [-0.3, -0.25) is 9.59 Å². The van der Waals surface area contributed by atoms with Gasteiger partial charge in [0.1, 0.15) is 5.76 Å². The highest BCUT2D eigenvalue weighted by Gasteiger charge is 2.23. The first-order chi connectivity index (χ1) is 10.5. The maximum Gasteiger partial charge on any atom is 0.310 e. The lowest BCUT2D eigenvalue weighted by atomic mass is 9.86. The molecule has 1 fully saturated rings. The number of hydrogen-bond acceptors (Lipinski definition) is 5. The van der Waals surface area contributed by atoms with Crippen molar-refractivity contribution in [2.45, 2.75) is 58.9 Å². The number of nitrogens with zero attached hydrogens (tertiary/aromatic N) is 1. The second-order valence-electron chi connectivity index (χ2n) is 6.08. The number of aryl methyl sites for hydroxylation is 2. The quantitative estimate of drug-likeness (QED) is 0.842. The van der Waals surface area contributed by atoms with E-state index in [0.29, 0.717) is 17.4 Å². The number of esters is 1. The molecule has 2 rings (SSSR count). The van der Waals surface area contributed by atoms with E-state index in [1.165, 1.54) is 6.42 Å². The van der Waals surface area contributed by atoms with Gasteiger partial charge in [-0.05, 0) is 32.6 Å². The Kier molecular flexibility index (Phi) is 5.57. The summed E-state index contributed by atoms with van der Waals surface area (Å²) in [5.74, 6) is 0.415. The fourth-order valence-electron chi connectivity index (χ4n) is 2.87. The Hall–Kier alpha value is -1.85. The molecule has 22 heavy (non-hydrogen) atoms. The van der Waals surface area contributed by atoms with Crippen LogP contribution in [0.15, 0.2) is 4.52 Å². The van der Waals surface area contributed by atoms with E-state index < -0.39 is 5.97 Å². The molecule has 0 bridgehead atoms. The minimum absolute atomic E-state index is 0.0777. The van der Waals surface area contributed by atoms with Gasteiger partial charge in [-0.25, -0.2) is 0 Å². The van der Waals surface area contributed by atoms with Crippen molar-refractivity contribution in [1.29, 1.82) is 0 Å². The first-order valence-corrected chi connectivity index (χ1v) is 7.84. The number of rotatable bonds is 5. The van der Waals surface area contributed by atoms with Gasteiger partial charge in [0, 0.05) is 11.6 Å². The summed E-state index contributed by atoms with van der Waals surface area (Å²) in [6.45, 7) is 5.44. The molecule has 6 heteroatoms. The number of ether oxygens (including phenoxy) is 1. The van der Waals surface area contributed by atoms with Crippen LogP contribution < -0.4 is 5.32 Å². The smallest absolute Gasteiger partial charge is 0.310 e. The van der Waals surface area contributed by atoms with E-state index in [4.69, 9.17) is 9.26 Å². The van der Waals surface area contributed by atoms with Crippen molar-refractivity contribution in [3.05, 3.63) is 17.0 Å². The van der Waals surface area contributed by atoms with Gasteiger partial charge < -0.3 is 14.6 Å². The number of aromatic nitrogens is 1. The van der Waals surface area contributed by atoms with Gasteiger partial charge in [-0.1, -0.05) is 24.9 Å². The normalized spacial score (nSPS) is 21.4. The third kappa shape index (κ3) is 4.32. The summed E-state index contributed by atoms with van der Waals surface area (Å²) in [4.78, 5) is 23.7. The zero-order valence-corrected chi connectivity index (χ0v) is 13.5. The molecule has 0 unspecified atom stereocenters. The Morgan fingerprint density at radius 2 is 2.05 bits per heavy atom. The largest absolute Gasteiger partial charge is 0.455 e. The van der Waals surface area contributed by atoms with Crippen molar-refractivity contribution in [2.75, 3.05) is 6.61 Å². The Bertz CT molecular complexity index is 519. The second kappa shape index (κ2) is 7.42. The summed E-state index contributed by atoms with van der Waals surface area (Å²) in [6, 6.07) is 0.197. The number of hydrogen-bond donors (Lipinski definition) is 1. The van der Waals surface area contributed by atoms with Crippen LogP contribution in [-0.4, -0.2) is 29.7 Å². The molecule has 1 amide bonds. The van der Waals surface area contributed by atoms with Gasteiger partial charge in [0.25, 0.3) is 5.91 Å². The Morgan fingerprint density at radius 3 is 2.68 bits per heavy atom. The van der Waals surface area contributed by atoms with Crippen molar-refractivity contribution in [3.63, 3.8) is 0 Å². The van der Waals surface area contributed by atoms with E-state index >= 15 is 0 Å². The van der Waals surface area contributed by atoms with Crippen LogP contribution in [0.3, 0.4) is 0 Å². The lowest BCUT2D eigenvalue weighted by Gasteiger charge is -2.29. The standard InChI is InChI=1S/C16H24N2O4/c1-10-6-4-5-7-14(10)17-15(19)9-21-16(20)8-13-11(2)18-22-12(13)3/h10,14H,4-9H2,1-3H3,(H,17,19)/t10-,14-/m1/s1. The fraction of sp³-hybridized carbons (Fsp3) is 0.688. The van der Waals surface area contributed by atoms with Crippen LogP contribution >= 0.6 is 0 Å². The summed E-state index contributed by atoms with van der Waals surface area (Å²) in [7, 11) is 0. The van der Waals surface area contributed by atoms with Crippen LogP contribution in [0.4, 0.5) is 0 Å². The third-order valence-electron chi connectivity index (χ3n) is 4.32. The van der Waals surface area contributed by atoms with Gasteiger partial charge in [-0.2, -0.15) is 0 Å². The molecule has 1 aromatic rings. The van der Waals surface area contributed by atoms with Crippen LogP contribution in [0.1, 0.15) is 49.6 Å². The Balaban J connectivity index is 1.75. The molecule has 2 atom stereocenters. The average molecular weight is 308 g/mol. The van der Waals surface area contributed by atoms with Crippen LogP contribution in [0.5, 0.6) is 0 Å².